The number of alkyl halides is 3. The number of hydrogen-bond acceptors (Lipinski definition) is 3. The van der Waals surface area contributed by atoms with Gasteiger partial charge in [0.25, 0.3) is 0 Å². The van der Waals surface area contributed by atoms with E-state index in [9.17, 15) is 18.0 Å². The third-order valence-corrected chi connectivity index (χ3v) is 2.28. The molecule has 0 unspecified atom stereocenters. The van der Waals surface area contributed by atoms with Crippen LogP contribution in [0.25, 0.3) is 0 Å². The van der Waals surface area contributed by atoms with Gasteiger partial charge in [0.1, 0.15) is 5.75 Å². The molecule has 3 N–H and O–H groups in total. The highest BCUT2D eigenvalue weighted by molar-refractivity contribution is 5.73. The minimum atomic E-state index is -4.75. The van der Waals surface area contributed by atoms with E-state index in [0.29, 0.717) is 5.56 Å². The molecule has 8 heteroatoms. The van der Waals surface area contributed by atoms with Gasteiger partial charge in [-0.3, -0.25) is 0 Å². The molecule has 112 valence electrons. The molecule has 0 aromatic heterocycles. The molecule has 0 heterocycles. The van der Waals surface area contributed by atoms with Gasteiger partial charge in [-0.25, -0.2) is 4.79 Å². The fourth-order valence-electron chi connectivity index (χ4n) is 1.48. The second-order valence-electron chi connectivity index (χ2n) is 3.81. The Labute approximate surface area is 113 Å². The maximum absolute atomic E-state index is 12.2. The average molecular weight is 292 g/mol. The number of halogens is 3. The number of benzene rings is 1. The van der Waals surface area contributed by atoms with Gasteiger partial charge < -0.3 is 20.5 Å². The summed E-state index contributed by atoms with van der Waals surface area (Å²) < 4.78 is 40.5. The molecule has 5 nitrogen and oxygen atoms in total. The van der Waals surface area contributed by atoms with Gasteiger partial charge in [-0.1, -0.05) is 18.2 Å². The third kappa shape index (κ3) is 6.28. The smallest absolute Gasteiger partial charge is 0.406 e. The molecule has 0 bridgehead atoms. The first kappa shape index (κ1) is 16.1. The molecule has 0 aliphatic carbocycles. The van der Waals surface area contributed by atoms with Crippen LogP contribution >= 0.6 is 0 Å². The zero-order chi connectivity index (χ0) is 15.0. The molecule has 0 saturated carbocycles. The average Bonchev–Trinajstić information content (AvgIpc) is 2.36. The van der Waals surface area contributed by atoms with Gasteiger partial charge in [0, 0.05) is 13.1 Å². The van der Waals surface area contributed by atoms with Gasteiger partial charge in [0.05, 0.1) is 6.61 Å². The van der Waals surface area contributed by atoms with E-state index in [-0.39, 0.29) is 31.9 Å². The highest BCUT2D eigenvalue weighted by Crippen LogP contribution is 2.26. The molecular weight excluding hydrogens is 277 g/mol. The van der Waals surface area contributed by atoms with Gasteiger partial charge in [-0.2, -0.15) is 0 Å². The summed E-state index contributed by atoms with van der Waals surface area (Å²) in [6, 6.07) is 5.24. The van der Waals surface area contributed by atoms with Crippen molar-refractivity contribution >= 4 is 6.03 Å². The SMILES string of the molecule is O=C(NCCO)NCCc1ccccc1OC(F)(F)F. The molecule has 2 amide bonds. The molecule has 0 aliphatic rings. The highest BCUT2D eigenvalue weighted by atomic mass is 19.4. The second kappa shape index (κ2) is 7.59. The minimum absolute atomic E-state index is 0.111. The Bertz CT molecular complexity index is 438. The Morgan fingerprint density at radius 2 is 1.85 bits per heavy atom. The summed E-state index contributed by atoms with van der Waals surface area (Å²) in [5.74, 6) is -0.280. The molecular formula is C12H15F3N2O3. The topological polar surface area (TPSA) is 70.6 Å². The molecule has 1 rings (SSSR count). The summed E-state index contributed by atoms with van der Waals surface area (Å²) in [7, 11) is 0. The summed E-state index contributed by atoms with van der Waals surface area (Å²) in [6.07, 6.45) is -4.55. The van der Waals surface area contributed by atoms with E-state index in [1.54, 1.807) is 6.07 Å². The van der Waals surface area contributed by atoms with Crippen LogP contribution in [0.1, 0.15) is 5.56 Å². The summed E-state index contributed by atoms with van der Waals surface area (Å²) in [5.41, 5.74) is 0.340. The molecule has 1 aromatic carbocycles. The van der Waals surface area contributed by atoms with E-state index in [1.807, 2.05) is 0 Å². The fraction of sp³-hybridized carbons (Fsp3) is 0.417. The Hall–Kier alpha value is -1.96. The molecule has 0 spiro atoms. The van der Waals surface area contributed by atoms with Crippen molar-refractivity contribution in [3.05, 3.63) is 29.8 Å². The molecule has 0 fully saturated rings. The van der Waals surface area contributed by atoms with Gasteiger partial charge in [-0.05, 0) is 18.1 Å². The van der Waals surface area contributed by atoms with Crippen LogP contribution in [0.4, 0.5) is 18.0 Å². The van der Waals surface area contributed by atoms with Crippen LogP contribution < -0.4 is 15.4 Å². The van der Waals surface area contributed by atoms with Crippen LogP contribution in [0.2, 0.25) is 0 Å². The summed E-state index contributed by atoms with van der Waals surface area (Å²) >= 11 is 0. The van der Waals surface area contributed by atoms with Crippen molar-refractivity contribution in [2.24, 2.45) is 0 Å². The Morgan fingerprint density at radius 1 is 1.20 bits per heavy atom. The van der Waals surface area contributed by atoms with Gasteiger partial charge in [-0.15, -0.1) is 13.2 Å². The predicted molar refractivity (Wildman–Crippen MR) is 65.3 cm³/mol. The number of nitrogens with one attached hydrogen (secondary N) is 2. The lowest BCUT2D eigenvalue weighted by Gasteiger charge is -2.13. The Morgan fingerprint density at radius 3 is 2.50 bits per heavy atom. The zero-order valence-corrected chi connectivity index (χ0v) is 10.5. The molecule has 0 saturated heterocycles. The largest absolute Gasteiger partial charge is 0.573 e. The maximum Gasteiger partial charge on any atom is 0.573 e. The standard InChI is InChI=1S/C12H15F3N2O3/c13-12(14,15)20-10-4-2-1-3-9(10)5-6-16-11(19)17-7-8-18/h1-4,18H,5-8H2,(H2,16,17,19). The molecule has 0 radical (unpaired) electrons. The van der Waals surface area contributed by atoms with E-state index < -0.39 is 12.4 Å². The summed E-state index contributed by atoms with van der Waals surface area (Å²) in [5, 5.41) is 13.3. The maximum atomic E-state index is 12.2. The first-order valence-electron chi connectivity index (χ1n) is 5.88. The number of amides is 2. The first-order valence-corrected chi connectivity index (χ1v) is 5.88. The molecule has 0 atom stereocenters. The second-order valence-corrected chi connectivity index (χ2v) is 3.81. The number of rotatable bonds is 6. The first-order chi connectivity index (χ1) is 9.42. The monoisotopic (exact) mass is 292 g/mol. The summed E-state index contributed by atoms with van der Waals surface area (Å²) in [4.78, 5) is 11.2. The number of ether oxygens (including phenoxy) is 1. The third-order valence-electron chi connectivity index (χ3n) is 2.28. The molecule has 0 aliphatic heterocycles. The van der Waals surface area contributed by atoms with E-state index in [0.717, 1.165) is 0 Å². The lowest BCUT2D eigenvalue weighted by molar-refractivity contribution is -0.274. The minimum Gasteiger partial charge on any atom is -0.406 e. The van der Waals surface area contributed by atoms with Crippen LogP contribution in [-0.4, -0.2) is 37.2 Å². The number of urea groups is 1. The van der Waals surface area contributed by atoms with Crippen LogP contribution in [0, 0.1) is 0 Å². The molecule has 20 heavy (non-hydrogen) atoms. The highest BCUT2D eigenvalue weighted by Gasteiger charge is 2.31. The van der Waals surface area contributed by atoms with Crippen LogP contribution in [0.3, 0.4) is 0 Å². The van der Waals surface area contributed by atoms with E-state index in [2.05, 4.69) is 15.4 Å². The van der Waals surface area contributed by atoms with Crippen molar-refractivity contribution in [3.63, 3.8) is 0 Å². The zero-order valence-electron chi connectivity index (χ0n) is 10.5. The van der Waals surface area contributed by atoms with E-state index in [4.69, 9.17) is 5.11 Å². The number of carbonyl (C=O) groups excluding carboxylic acids is 1. The Kier molecular flexibility index (Phi) is 6.10. The quantitative estimate of drug-likeness (QED) is 0.742. The van der Waals surface area contributed by atoms with Crippen molar-refractivity contribution in [2.45, 2.75) is 12.8 Å². The van der Waals surface area contributed by atoms with Crippen LogP contribution in [0.5, 0.6) is 5.75 Å². The predicted octanol–water partition coefficient (Wildman–Crippen LogP) is 1.42. The number of aliphatic hydroxyl groups excluding tert-OH is 1. The molecule has 1 aromatic rings. The number of carbonyl (C=O) groups is 1. The van der Waals surface area contributed by atoms with Crippen molar-refractivity contribution in [1.29, 1.82) is 0 Å². The van der Waals surface area contributed by atoms with Crippen LogP contribution in [-0.2, 0) is 6.42 Å². The van der Waals surface area contributed by atoms with Crippen molar-refractivity contribution in [3.8, 4) is 5.75 Å². The summed E-state index contributed by atoms with van der Waals surface area (Å²) in [6.45, 7) is 0.0742. The number of hydrogen-bond donors (Lipinski definition) is 3. The van der Waals surface area contributed by atoms with E-state index >= 15 is 0 Å². The van der Waals surface area contributed by atoms with Crippen molar-refractivity contribution in [2.75, 3.05) is 19.7 Å². The normalized spacial score (nSPS) is 11.0. The van der Waals surface area contributed by atoms with Gasteiger partial charge in [0.2, 0.25) is 0 Å². The van der Waals surface area contributed by atoms with Gasteiger partial charge in [0.15, 0.2) is 0 Å². The number of para-hydroxylation sites is 1. The lowest BCUT2D eigenvalue weighted by Crippen LogP contribution is -2.38. The van der Waals surface area contributed by atoms with E-state index in [1.165, 1.54) is 18.2 Å². The van der Waals surface area contributed by atoms with Crippen molar-refractivity contribution < 1.29 is 27.8 Å². The van der Waals surface area contributed by atoms with Crippen molar-refractivity contribution in [1.82, 2.24) is 10.6 Å². The fourth-order valence-corrected chi connectivity index (χ4v) is 1.48. The Balaban J connectivity index is 2.49. The van der Waals surface area contributed by atoms with Crippen LogP contribution in [0.15, 0.2) is 24.3 Å². The lowest BCUT2D eigenvalue weighted by atomic mass is 10.1. The van der Waals surface area contributed by atoms with Gasteiger partial charge >= 0.3 is 12.4 Å². The number of aliphatic hydroxyl groups is 1.